The van der Waals surface area contributed by atoms with Gasteiger partial charge in [0.25, 0.3) is 0 Å². The van der Waals surface area contributed by atoms with Crippen molar-refractivity contribution in [3.05, 3.63) is 0 Å². The van der Waals surface area contributed by atoms with E-state index in [9.17, 15) is 0 Å². The van der Waals surface area contributed by atoms with Gasteiger partial charge in [-0.05, 0) is 37.5 Å². The van der Waals surface area contributed by atoms with Crippen LogP contribution in [-0.4, -0.2) is 53.6 Å². The molecule has 2 atom stereocenters. The van der Waals surface area contributed by atoms with Crippen LogP contribution in [0.25, 0.3) is 0 Å². The van der Waals surface area contributed by atoms with Crippen LogP contribution in [0.3, 0.4) is 0 Å². The van der Waals surface area contributed by atoms with E-state index in [1.807, 2.05) is 0 Å². The first-order chi connectivity index (χ1) is 9.66. The molecule has 1 aliphatic heterocycles. The molecular formula is C14H30O4SSi. The average molecular weight is 323 g/mol. The van der Waals surface area contributed by atoms with E-state index in [1.165, 1.54) is 0 Å². The normalized spacial score (nSPS) is 29.6. The minimum absolute atomic E-state index is 0.0626. The van der Waals surface area contributed by atoms with Crippen LogP contribution in [0.1, 0.15) is 39.0 Å². The first kappa shape index (κ1) is 18.5. The van der Waals surface area contributed by atoms with Crippen LogP contribution >= 0.6 is 12.6 Å². The van der Waals surface area contributed by atoms with Crippen molar-refractivity contribution >= 4 is 21.2 Å². The Kier molecular flexibility index (Phi) is 8.08. The summed E-state index contributed by atoms with van der Waals surface area (Å²) < 4.78 is 24.0. The lowest BCUT2D eigenvalue weighted by molar-refractivity contribution is -0.123. The molecule has 0 radical (unpaired) electrons. The van der Waals surface area contributed by atoms with Crippen molar-refractivity contribution in [3.8, 4) is 0 Å². The van der Waals surface area contributed by atoms with Crippen LogP contribution in [0.4, 0.5) is 0 Å². The molecule has 0 aromatic rings. The molecule has 0 amide bonds. The number of hydrogen-bond acceptors (Lipinski definition) is 5. The highest BCUT2D eigenvalue weighted by molar-refractivity contribution is 7.80. The summed E-state index contributed by atoms with van der Waals surface area (Å²) in [7, 11) is 2.87. The van der Waals surface area contributed by atoms with Crippen LogP contribution in [0.15, 0.2) is 0 Å². The minimum atomic E-state index is -2.42. The lowest BCUT2D eigenvalue weighted by atomic mass is 10.0. The van der Waals surface area contributed by atoms with Crippen LogP contribution in [0, 0.1) is 0 Å². The summed E-state index contributed by atoms with van der Waals surface area (Å²) in [6.45, 7) is 2.89. The van der Waals surface area contributed by atoms with Crippen molar-refractivity contribution < 1.29 is 18.3 Å². The second-order valence-electron chi connectivity index (χ2n) is 5.33. The SMILES string of the molecule is CCCC1(OC)C(OCCCS)CCC[Si]1(OC)OC. The lowest BCUT2D eigenvalue weighted by Gasteiger charge is -2.51. The predicted octanol–water partition coefficient (Wildman–Crippen LogP) is 2.94. The van der Waals surface area contributed by atoms with Gasteiger partial charge >= 0.3 is 8.56 Å². The number of hydrogen-bond donors (Lipinski definition) is 1. The molecule has 20 heavy (non-hydrogen) atoms. The first-order valence-corrected chi connectivity index (χ1v) is 10.2. The van der Waals surface area contributed by atoms with Crippen LogP contribution in [-0.2, 0) is 18.3 Å². The maximum Gasteiger partial charge on any atom is 0.373 e. The molecule has 1 saturated heterocycles. The molecule has 6 heteroatoms. The summed E-state index contributed by atoms with van der Waals surface area (Å²) in [6.07, 6.45) is 5.06. The Morgan fingerprint density at radius 3 is 2.45 bits per heavy atom. The Hall–Kier alpha value is 0.407. The molecule has 120 valence electrons. The Balaban J connectivity index is 3.00. The summed E-state index contributed by atoms with van der Waals surface area (Å²) in [6, 6.07) is 0.972. The van der Waals surface area contributed by atoms with Gasteiger partial charge in [-0.1, -0.05) is 13.3 Å². The molecule has 0 bridgehead atoms. The molecule has 1 fully saturated rings. The summed E-state index contributed by atoms with van der Waals surface area (Å²) in [4.78, 5) is 0. The molecule has 1 heterocycles. The molecular weight excluding hydrogens is 292 g/mol. The van der Waals surface area contributed by atoms with Crippen LogP contribution in [0.5, 0.6) is 0 Å². The highest BCUT2D eigenvalue weighted by Gasteiger charge is 2.63. The third kappa shape index (κ3) is 3.42. The van der Waals surface area contributed by atoms with Crippen LogP contribution in [0.2, 0.25) is 6.04 Å². The zero-order chi connectivity index (χ0) is 15.1. The van der Waals surface area contributed by atoms with Gasteiger partial charge < -0.3 is 18.3 Å². The van der Waals surface area contributed by atoms with E-state index >= 15 is 0 Å². The van der Waals surface area contributed by atoms with E-state index in [0.29, 0.717) is 0 Å². The highest BCUT2D eigenvalue weighted by atomic mass is 32.1. The number of thiol groups is 1. The van der Waals surface area contributed by atoms with Crippen molar-refractivity contribution in [2.24, 2.45) is 0 Å². The topological polar surface area (TPSA) is 36.9 Å². The van der Waals surface area contributed by atoms with Crippen molar-refractivity contribution in [1.82, 2.24) is 0 Å². The first-order valence-electron chi connectivity index (χ1n) is 7.54. The largest absolute Gasteiger partial charge is 0.396 e. The Labute approximate surface area is 130 Å². The van der Waals surface area contributed by atoms with E-state index in [2.05, 4.69) is 19.6 Å². The molecule has 1 aliphatic rings. The van der Waals surface area contributed by atoms with E-state index in [1.54, 1.807) is 21.3 Å². The summed E-state index contributed by atoms with van der Waals surface area (Å²) in [5, 5.41) is -0.403. The standard InChI is InChI=1S/C14H30O4SSi/c1-5-9-14(15-2)13(18-10-7-11-19)8-6-12-20(14,16-3)17-4/h13,19H,5-12H2,1-4H3. The summed E-state index contributed by atoms with van der Waals surface area (Å²) in [5.74, 6) is 0.845. The van der Waals surface area contributed by atoms with Gasteiger partial charge in [0.1, 0.15) is 5.22 Å². The van der Waals surface area contributed by atoms with Gasteiger partial charge in [-0.25, -0.2) is 0 Å². The van der Waals surface area contributed by atoms with Gasteiger partial charge in [-0.2, -0.15) is 12.6 Å². The molecule has 0 spiro atoms. The number of methoxy groups -OCH3 is 1. The van der Waals surface area contributed by atoms with Gasteiger partial charge in [0.2, 0.25) is 0 Å². The van der Waals surface area contributed by atoms with E-state index in [0.717, 1.165) is 50.5 Å². The number of rotatable bonds is 9. The third-order valence-electron chi connectivity index (χ3n) is 4.40. The van der Waals surface area contributed by atoms with Gasteiger partial charge in [0.05, 0.1) is 6.10 Å². The fraction of sp³-hybridized carbons (Fsp3) is 1.00. The van der Waals surface area contributed by atoms with Gasteiger partial charge in [-0.15, -0.1) is 0 Å². The quantitative estimate of drug-likeness (QED) is 0.402. The van der Waals surface area contributed by atoms with Gasteiger partial charge in [0, 0.05) is 27.9 Å². The molecule has 0 aliphatic carbocycles. The maximum atomic E-state index is 6.14. The van der Waals surface area contributed by atoms with Crippen LogP contribution < -0.4 is 0 Å². The van der Waals surface area contributed by atoms with E-state index in [4.69, 9.17) is 18.3 Å². The maximum absolute atomic E-state index is 6.14. The molecule has 0 aromatic heterocycles. The summed E-state index contributed by atoms with van der Waals surface area (Å²) in [5.41, 5.74) is 0. The third-order valence-corrected chi connectivity index (χ3v) is 9.12. The zero-order valence-corrected chi connectivity index (χ0v) is 15.2. The Bertz CT molecular complexity index is 276. The molecule has 0 N–H and O–H groups in total. The van der Waals surface area contributed by atoms with Crippen molar-refractivity contribution in [2.75, 3.05) is 33.7 Å². The van der Waals surface area contributed by atoms with Crippen molar-refractivity contribution in [2.45, 2.75) is 56.4 Å². The second kappa shape index (κ2) is 8.75. The molecule has 2 unspecified atom stereocenters. The van der Waals surface area contributed by atoms with Crippen molar-refractivity contribution in [1.29, 1.82) is 0 Å². The van der Waals surface area contributed by atoms with Gasteiger partial charge in [0.15, 0.2) is 0 Å². The predicted molar refractivity (Wildman–Crippen MR) is 86.7 cm³/mol. The zero-order valence-electron chi connectivity index (χ0n) is 13.3. The lowest BCUT2D eigenvalue weighted by Crippen LogP contribution is -2.71. The molecule has 0 saturated carbocycles. The second-order valence-corrected chi connectivity index (χ2v) is 9.45. The fourth-order valence-corrected chi connectivity index (χ4v) is 7.61. The number of ether oxygens (including phenoxy) is 2. The highest BCUT2D eigenvalue weighted by Crippen LogP contribution is 2.44. The Morgan fingerprint density at radius 2 is 1.95 bits per heavy atom. The smallest absolute Gasteiger partial charge is 0.373 e. The van der Waals surface area contributed by atoms with Gasteiger partial charge in [-0.3, -0.25) is 0 Å². The average Bonchev–Trinajstić information content (AvgIpc) is 2.49. The fourth-order valence-electron chi connectivity index (χ4n) is 3.46. The van der Waals surface area contributed by atoms with E-state index < -0.39 is 13.8 Å². The Morgan fingerprint density at radius 1 is 1.25 bits per heavy atom. The molecule has 0 aromatic carbocycles. The summed E-state index contributed by atoms with van der Waals surface area (Å²) >= 11 is 4.24. The molecule has 1 rings (SSSR count). The molecule has 4 nitrogen and oxygen atoms in total. The monoisotopic (exact) mass is 322 g/mol. The van der Waals surface area contributed by atoms with E-state index in [-0.39, 0.29) is 6.10 Å². The minimum Gasteiger partial charge on any atom is -0.396 e. The van der Waals surface area contributed by atoms with Crippen molar-refractivity contribution in [3.63, 3.8) is 0 Å².